The van der Waals surface area contributed by atoms with Gasteiger partial charge in [-0.25, -0.2) is 15.0 Å². The number of aromatic nitrogens is 6. The molecule has 4 rings (SSSR count). The molecule has 3 heterocycles. The number of carbonyl (C=O) groups excluding carboxylic acids is 1. The first kappa shape index (κ1) is 21.4. The lowest BCUT2D eigenvalue weighted by Gasteiger charge is -2.14. The van der Waals surface area contributed by atoms with Gasteiger partial charge < -0.3 is 5.32 Å². The van der Waals surface area contributed by atoms with Gasteiger partial charge in [0.25, 0.3) is 11.9 Å². The minimum absolute atomic E-state index is 0. The van der Waals surface area contributed by atoms with Crippen LogP contribution in [-0.4, -0.2) is 35.6 Å². The summed E-state index contributed by atoms with van der Waals surface area (Å²) in [7, 11) is 0. The summed E-state index contributed by atoms with van der Waals surface area (Å²) in [6.45, 7) is 1.82. The van der Waals surface area contributed by atoms with Crippen molar-refractivity contribution in [1.82, 2.24) is 35.0 Å². The van der Waals surface area contributed by atoms with E-state index in [4.69, 9.17) is 11.6 Å². The van der Waals surface area contributed by atoms with Gasteiger partial charge in [0.1, 0.15) is 6.33 Å². The Kier molecular flexibility index (Phi) is 6.76. The van der Waals surface area contributed by atoms with Crippen LogP contribution in [0.15, 0.2) is 67.5 Å². The summed E-state index contributed by atoms with van der Waals surface area (Å²) in [6, 6.07) is 10.4. The molecule has 0 saturated carbocycles. The van der Waals surface area contributed by atoms with Crippen LogP contribution in [0.4, 0.5) is 0 Å². The Morgan fingerprint density at radius 2 is 1.80 bits per heavy atom. The molecule has 0 bridgehead atoms. The van der Waals surface area contributed by atoms with E-state index in [-0.39, 0.29) is 19.4 Å². The van der Waals surface area contributed by atoms with Crippen molar-refractivity contribution in [1.29, 1.82) is 0 Å². The number of nitrogens with zero attached hydrogens (tertiary/aromatic N) is 6. The lowest BCUT2D eigenvalue weighted by atomic mass is 10.1. The Morgan fingerprint density at radius 3 is 2.53 bits per heavy atom. The van der Waals surface area contributed by atoms with E-state index in [0.717, 1.165) is 11.1 Å². The summed E-state index contributed by atoms with van der Waals surface area (Å²) < 4.78 is 1.49. The maximum Gasteiger partial charge on any atom is 0.253 e. The lowest BCUT2D eigenvalue weighted by Crippen LogP contribution is -2.29. The van der Waals surface area contributed by atoms with Gasteiger partial charge in [-0.2, -0.15) is 23.3 Å². The number of hydrogen-bond acceptors (Lipinski definition) is 6. The highest BCUT2D eigenvalue weighted by Crippen LogP contribution is 2.22. The van der Waals surface area contributed by atoms with E-state index in [9.17, 15) is 4.79 Å². The zero-order chi connectivity index (χ0) is 20.2. The SMILES string of the molecule is C[C@@H](NC(=O)c1cncc(-c2ccc(Cl)cc2)c1)c1ncnn1-c1ncccn1.S. The number of hydrogen-bond donors (Lipinski definition) is 1. The molecule has 4 aromatic rings. The number of halogens is 1. The summed E-state index contributed by atoms with van der Waals surface area (Å²) in [5.41, 5.74) is 2.18. The van der Waals surface area contributed by atoms with Gasteiger partial charge in [0.05, 0.1) is 11.6 Å². The van der Waals surface area contributed by atoms with Crippen molar-refractivity contribution in [3.8, 4) is 17.1 Å². The summed E-state index contributed by atoms with van der Waals surface area (Å²) >= 11 is 5.94. The van der Waals surface area contributed by atoms with Gasteiger partial charge in [0.2, 0.25) is 0 Å². The van der Waals surface area contributed by atoms with Gasteiger partial charge in [-0.15, -0.1) is 0 Å². The van der Waals surface area contributed by atoms with Crippen LogP contribution in [0, 0.1) is 0 Å². The minimum atomic E-state index is -0.423. The van der Waals surface area contributed by atoms with Crippen LogP contribution in [-0.2, 0) is 0 Å². The molecule has 1 N–H and O–H groups in total. The minimum Gasteiger partial charge on any atom is -0.342 e. The van der Waals surface area contributed by atoms with Crippen molar-refractivity contribution in [3.63, 3.8) is 0 Å². The van der Waals surface area contributed by atoms with Crippen LogP contribution in [0.5, 0.6) is 0 Å². The third-order valence-corrected chi connectivity index (χ3v) is 4.48. The normalized spacial score (nSPS) is 11.4. The van der Waals surface area contributed by atoms with Crippen molar-refractivity contribution in [2.45, 2.75) is 13.0 Å². The molecule has 0 aliphatic carbocycles. The first-order valence-electron chi connectivity index (χ1n) is 8.81. The molecule has 0 fully saturated rings. The highest BCUT2D eigenvalue weighted by Gasteiger charge is 2.19. The Bertz CT molecular complexity index is 1140. The summed E-state index contributed by atoms with van der Waals surface area (Å²) in [6.07, 6.45) is 7.85. The van der Waals surface area contributed by atoms with Gasteiger partial charge in [0, 0.05) is 35.4 Å². The molecule has 152 valence electrons. The van der Waals surface area contributed by atoms with E-state index in [1.165, 1.54) is 17.2 Å². The third kappa shape index (κ3) is 4.64. The average molecular weight is 440 g/mol. The molecule has 0 saturated heterocycles. The topological polar surface area (TPSA) is 98.5 Å². The maximum absolute atomic E-state index is 12.8. The molecule has 0 aliphatic heterocycles. The Balaban J connectivity index is 0.00000256. The monoisotopic (exact) mass is 439 g/mol. The summed E-state index contributed by atoms with van der Waals surface area (Å²) in [4.78, 5) is 29.5. The second-order valence-electron chi connectivity index (χ2n) is 6.24. The van der Waals surface area contributed by atoms with E-state index < -0.39 is 6.04 Å². The molecule has 10 heteroatoms. The van der Waals surface area contributed by atoms with Gasteiger partial charge in [0.15, 0.2) is 5.82 Å². The molecular weight excluding hydrogens is 422 g/mol. The summed E-state index contributed by atoms with van der Waals surface area (Å²) in [5, 5.41) is 7.72. The second-order valence-corrected chi connectivity index (χ2v) is 6.68. The quantitative estimate of drug-likeness (QED) is 0.511. The number of rotatable bonds is 5. The van der Waals surface area contributed by atoms with Crippen LogP contribution in [0.2, 0.25) is 5.02 Å². The first-order chi connectivity index (χ1) is 14.1. The fourth-order valence-corrected chi connectivity index (χ4v) is 2.94. The van der Waals surface area contributed by atoms with Crippen LogP contribution >= 0.6 is 25.1 Å². The highest BCUT2D eigenvalue weighted by molar-refractivity contribution is 7.59. The average Bonchev–Trinajstić information content (AvgIpc) is 3.25. The van der Waals surface area contributed by atoms with E-state index in [0.29, 0.717) is 22.4 Å². The van der Waals surface area contributed by atoms with E-state index >= 15 is 0 Å². The van der Waals surface area contributed by atoms with Gasteiger partial charge in [-0.3, -0.25) is 9.78 Å². The predicted molar refractivity (Wildman–Crippen MR) is 118 cm³/mol. The fraction of sp³-hybridized carbons (Fsp3) is 0.100. The van der Waals surface area contributed by atoms with Crippen molar-refractivity contribution >= 4 is 31.0 Å². The standard InChI is InChI=1S/C20H16ClN7O.H2S/c1-13(18-25-12-26-28(18)20-23-7-2-8-24-20)27-19(29)16-9-15(10-22-11-16)14-3-5-17(21)6-4-14;/h2-13H,1H3,(H,27,29);1H2/t13-;/m1./s1. The largest absolute Gasteiger partial charge is 0.342 e. The number of pyridine rings is 1. The van der Waals surface area contributed by atoms with Crippen LogP contribution in [0.1, 0.15) is 29.1 Å². The molecule has 1 atom stereocenters. The van der Waals surface area contributed by atoms with Crippen molar-refractivity contribution in [3.05, 3.63) is 83.9 Å². The fourth-order valence-electron chi connectivity index (χ4n) is 2.81. The van der Waals surface area contributed by atoms with E-state index in [2.05, 4.69) is 30.4 Å². The molecule has 0 aliphatic rings. The van der Waals surface area contributed by atoms with Crippen LogP contribution < -0.4 is 5.32 Å². The molecule has 1 aromatic carbocycles. The van der Waals surface area contributed by atoms with Gasteiger partial charge in [-0.05, 0) is 36.8 Å². The lowest BCUT2D eigenvalue weighted by molar-refractivity contribution is 0.0937. The Morgan fingerprint density at radius 1 is 1.07 bits per heavy atom. The highest BCUT2D eigenvalue weighted by atomic mass is 35.5. The molecular formula is C20H18ClN7OS. The zero-order valence-electron chi connectivity index (χ0n) is 15.9. The number of nitrogens with one attached hydrogen (secondary N) is 1. The first-order valence-corrected chi connectivity index (χ1v) is 9.19. The van der Waals surface area contributed by atoms with Crippen LogP contribution in [0.3, 0.4) is 0 Å². The van der Waals surface area contributed by atoms with E-state index in [1.807, 2.05) is 19.1 Å². The molecule has 0 radical (unpaired) electrons. The molecule has 1 amide bonds. The van der Waals surface area contributed by atoms with Gasteiger partial charge >= 0.3 is 0 Å². The van der Waals surface area contributed by atoms with Crippen molar-refractivity contribution in [2.24, 2.45) is 0 Å². The Hall–Kier alpha value is -3.30. The van der Waals surface area contributed by atoms with Gasteiger partial charge in [-0.1, -0.05) is 23.7 Å². The molecule has 3 aromatic heterocycles. The number of benzene rings is 1. The Labute approximate surface area is 184 Å². The predicted octanol–water partition coefficient (Wildman–Crippen LogP) is 3.38. The third-order valence-electron chi connectivity index (χ3n) is 4.23. The second kappa shape index (κ2) is 9.47. The smallest absolute Gasteiger partial charge is 0.253 e. The number of amides is 1. The molecule has 30 heavy (non-hydrogen) atoms. The molecule has 0 unspecified atom stereocenters. The van der Waals surface area contributed by atoms with E-state index in [1.54, 1.807) is 42.9 Å². The van der Waals surface area contributed by atoms with Crippen molar-refractivity contribution < 1.29 is 4.79 Å². The number of carbonyl (C=O) groups is 1. The van der Waals surface area contributed by atoms with Crippen molar-refractivity contribution in [2.75, 3.05) is 0 Å². The zero-order valence-corrected chi connectivity index (χ0v) is 17.7. The maximum atomic E-state index is 12.8. The molecule has 0 spiro atoms. The molecule has 8 nitrogen and oxygen atoms in total. The van der Waals surface area contributed by atoms with Crippen LogP contribution in [0.25, 0.3) is 17.1 Å². The summed E-state index contributed by atoms with van der Waals surface area (Å²) in [5.74, 6) is 0.628.